The summed E-state index contributed by atoms with van der Waals surface area (Å²) in [5.74, 6) is 1.79. The third-order valence-corrected chi connectivity index (χ3v) is 7.17. The molecule has 1 saturated heterocycles. The van der Waals surface area contributed by atoms with E-state index in [1.54, 1.807) is 13.4 Å². The van der Waals surface area contributed by atoms with E-state index in [0.29, 0.717) is 0 Å². The summed E-state index contributed by atoms with van der Waals surface area (Å²) in [6.45, 7) is 9.28. The van der Waals surface area contributed by atoms with Crippen molar-refractivity contribution in [3.8, 4) is 5.75 Å². The van der Waals surface area contributed by atoms with E-state index in [0.717, 1.165) is 96.9 Å². The van der Waals surface area contributed by atoms with Gasteiger partial charge in [0.05, 0.1) is 23.7 Å². The summed E-state index contributed by atoms with van der Waals surface area (Å²) < 4.78 is 8.10. The highest BCUT2D eigenvalue weighted by Crippen LogP contribution is 2.26. The molecule has 0 spiro atoms. The lowest BCUT2D eigenvalue weighted by molar-refractivity contribution is 0.254. The van der Waals surface area contributed by atoms with Gasteiger partial charge >= 0.3 is 0 Å². The van der Waals surface area contributed by atoms with Crippen molar-refractivity contribution in [3.63, 3.8) is 0 Å². The van der Waals surface area contributed by atoms with Crippen LogP contribution in [0.3, 0.4) is 0 Å². The highest BCUT2D eigenvalue weighted by atomic mass is 32.1. The molecule has 1 aliphatic rings. The molecule has 3 heterocycles. The average Bonchev–Trinajstić information content (AvgIpc) is 3.21. The number of nitrogens with zero attached hydrogens (tertiary/aromatic N) is 5. The summed E-state index contributed by atoms with van der Waals surface area (Å²) in [6, 6.07) is 12.6. The van der Waals surface area contributed by atoms with E-state index in [-0.39, 0.29) is 0 Å². The summed E-state index contributed by atoms with van der Waals surface area (Å²) in [5.41, 5.74) is 4.32. The molecular formula is C26H33N7OS. The Balaban J connectivity index is 1.10. The summed E-state index contributed by atoms with van der Waals surface area (Å²) in [6.07, 6.45) is 3.90. The van der Waals surface area contributed by atoms with Crippen LogP contribution in [0.1, 0.15) is 19.8 Å². The first-order valence-electron chi connectivity index (χ1n) is 12.4. The zero-order valence-electron chi connectivity index (χ0n) is 20.5. The molecule has 0 unspecified atom stereocenters. The number of hydrogen-bond donors (Lipinski definition) is 2. The molecule has 4 aromatic rings. The van der Waals surface area contributed by atoms with Crippen LogP contribution >= 0.6 is 12.2 Å². The number of methoxy groups -OCH3 is 1. The Morgan fingerprint density at radius 2 is 1.86 bits per heavy atom. The third kappa shape index (κ3) is 5.11. The average molecular weight is 492 g/mol. The Hall–Kier alpha value is -3.17. The molecule has 2 N–H and O–H groups in total. The van der Waals surface area contributed by atoms with Gasteiger partial charge in [-0.1, -0.05) is 0 Å². The van der Waals surface area contributed by atoms with Crippen LogP contribution in [0.15, 0.2) is 42.7 Å². The number of H-pyrrole nitrogens is 1. The van der Waals surface area contributed by atoms with Gasteiger partial charge in [0.1, 0.15) is 17.9 Å². The van der Waals surface area contributed by atoms with Crippen LogP contribution in [-0.2, 0) is 6.54 Å². The zero-order valence-corrected chi connectivity index (χ0v) is 21.3. The largest absolute Gasteiger partial charge is 0.497 e. The number of rotatable bonds is 9. The molecule has 1 fully saturated rings. The smallest absolute Gasteiger partial charge is 0.178 e. The van der Waals surface area contributed by atoms with Gasteiger partial charge in [0.2, 0.25) is 0 Å². The summed E-state index contributed by atoms with van der Waals surface area (Å²) in [7, 11) is 1.71. The quantitative estimate of drug-likeness (QED) is 0.260. The molecule has 9 heteroatoms. The number of benzene rings is 2. The molecule has 0 amide bonds. The van der Waals surface area contributed by atoms with Gasteiger partial charge in [-0.3, -0.25) is 4.90 Å². The Kier molecular flexibility index (Phi) is 7.15. The minimum atomic E-state index is 0.741. The maximum absolute atomic E-state index is 5.46. The number of ether oxygens (including phenoxy) is 1. The molecule has 0 aliphatic carbocycles. The van der Waals surface area contributed by atoms with Crippen molar-refractivity contribution in [2.24, 2.45) is 0 Å². The van der Waals surface area contributed by atoms with Crippen LogP contribution in [0, 0.1) is 4.77 Å². The van der Waals surface area contributed by atoms with E-state index < -0.39 is 0 Å². The number of aromatic nitrogens is 4. The van der Waals surface area contributed by atoms with Crippen LogP contribution in [0.25, 0.3) is 21.9 Å². The van der Waals surface area contributed by atoms with Crippen molar-refractivity contribution in [2.75, 3.05) is 56.6 Å². The van der Waals surface area contributed by atoms with Crippen molar-refractivity contribution < 1.29 is 4.74 Å². The topological polar surface area (TPSA) is 74.2 Å². The summed E-state index contributed by atoms with van der Waals surface area (Å²) in [4.78, 5) is 17.3. The number of anilines is 2. The molecule has 2 aromatic carbocycles. The predicted molar refractivity (Wildman–Crippen MR) is 145 cm³/mol. The number of piperazine rings is 1. The monoisotopic (exact) mass is 491 g/mol. The standard InChI is InChI=1S/C26H33N7OS/c1-3-33-24-17-22-21(16-23(24)30-26(33)35)25(29-18-28-22)27-10-4-5-11-31-12-14-32(15-13-31)19-6-8-20(34-2)9-7-19/h6-9,16-18H,3-5,10-15H2,1-2H3,(H,30,35)(H,27,28,29). The highest BCUT2D eigenvalue weighted by Gasteiger charge is 2.17. The number of imidazole rings is 1. The van der Waals surface area contributed by atoms with E-state index in [9.17, 15) is 0 Å². The Bertz CT molecular complexity index is 1340. The van der Waals surface area contributed by atoms with Crippen LogP contribution in [0.4, 0.5) is 11.5 Å². The van der Waals surface area contributed by atoms with Gasteiger partial charge in [-0.2, -0.15) is 0 Å². The van der Waals surface area contributed by atoms with E-state index in [4.69, 9.17) is 17.0 Å². The van der Waals surface area contributed by atoms with Gasteiger partial charge in [0.15, 0.2) is 4.77 Å². The zero-order chi connectivity index (χ0) is 24.2. The van der Waals surface area contributed by atoms with Gasteiger partial charge in [-0.25, -0.2) is 9.97 Å². The molecule has 0 saturated carbocycles. The molecule has 5 rings (SSSR count). The number of nitrogens with one attached hydrogen (secondary N) is 2. The maximum Gasteiger partial charge on any atom is 0.178 e. The van der Waals surface area contributed by atoms with E-state index in [2.05, 4.69) is 65.8 Å². The number of aryl methyl sites for hydroxylation is 1. The van der Waals surface area contributed by atoms with E-state index in [1.165, 1.54) is 5.69 Å². The van der Waals surface area contributed by atoms with Gasteiger partial charge in [-0.15, -0.1) is 0 Å². The Labute approximate surface area is 210 Å². The van der Waals surface area contributed by atoms with Crippen LogP contribution in [-0.4, -0.2) is 70.8 Å². The number of unbranched alkanes of at least 4 members (excludes halogenated alkanes) is 1. The molecular weight excluding hydrogens is 458 g/mol. The Morgan fingerprint density at radius 3 is 2.60 bits per heavy atom. The SMILES string of the molecule is CCn1c(=S)[nH]c2cc3c(NCCCCN4CCN(c5ccc(OC)cc5)CC4)ncnc3cc21. The molecule has 0 bridgehead atoms. The fourth-order valence-corrected chi connectivity index (χ4v) is 5.19. The molecule has 184 valence electrons. The lowest BCUT2D eigenvalue weighted by atomic mass is 10.2. The van der Waals surface area contributed by atoms with E-state index >= 15 is 0 Å². The van der Waals surface area contributed by atoms with E-state index in [1.807, 2.05) is 12.1 Å². The van der Waals surface area contributed by atoms with Crippen LogP contribution in [0.5, 0.6) is 5.75 Å². The third-order valence-electron chi connectivity index (χ3n) is 6.85. The van der Waals surface area contributed by atoms with Crippen molar-refractivity contribution >= 4 is 45.7 Å². The van der Waals surface area contributed by atoms with Gasteiger partial charge in [-0.05, 0) is 74.9 Å². The number of aromatic amines is 1. The van der Waals surface area contributed by atoms with Gasteiger partial charge < -0.3 is 24.5 Å². The summed E-state index contributed by atoms with van der Waals surface area (Å²) in [5, 5.41) is 4.55. The first-order chi connectivity index (χ1) is 17.2. The van der Waals surface area contributed by atoms with Crippen molar-refractivity contribution in [1.29, 1.82) is 0 Å². The molecule has 35 heavy (non-hydrogen) atoms. The highest BCUT2D eigenvalue weighted by molar-refractivity contribution is 7.71. The predicted octanol–water partition coefficient (Wildman–Crippen LogP) is 4.68. The second kappa shape index (κ2) is 10.6. The maximum atomic E-state index is 5.46. The first kappa shape index (κ1) is 23.6. The summed E-state index contributed by atoms with van der Waals surface area (Å²) >= 11 is 5.46. The molecule has 2 aromatic heterocycles. The molecule has 8 nitrogen and oxygen atoms in total. The first-order valence-corrected chi connectivity index (χ1v) is 12.8. The molecule has 1 aliphatic heterocycles. The number of fused-ring (bicyclic) bond motifs is 2. The normalized spacial score (nSPS) is 14.6. The fraction of sp³-hybridized carbons (Fsp3) is 0.423. The minimum Gasteiger partial charge on any atom is -0.497 e. The lowest BCUT2D eigenvalue weighted by Crippen LogP contribution is -2.46. The molecule has 0 radical (unpaired) electrons. The van der Waals surface area contributed by atoms with Crippen LogP contribution in [0.2, 0.25) is 0 Å². The minimum absolute atomic E-state index is 0.741. The lowest BCUT2D eigenvalue weighted by Gasteiger charge is -2.36. The molecule has 0 atom stereocenters. The fourth-order valence-electron chi connectivity index (χ4n) is 4.85. The van der Waals surface area contributed by atoms with Crippen LogP contribution < -0.4 is 15.0 Å². The Morgan fingerprint density at radius 1 is 1.06 bits per heavy atom. The van der Waals surface area contributed by atoms with Crippen molar-refractivity contribution in [2.45, 2.75) is 26.3 Å². The van der Waals surface area contributed by atoms with Gasteiger partial charge in [0, 0.05) is 50.3 Å². The van der Waals surface area contributed by atoms with Crippen molar-refractivity contribution in [3.05, 3.63) is 47.5 Å². The second-order valence-corrected chi connectivity index (χ2v) is 9.33. The second-order valence-electron chi connectivity index (χ2n) is 8.94. The van der Waals surface area contributed by atoms with Gasteiger partial charge in [0.25, 0.3) is 0 Å². The number of hydrogen-bond acceptors (Lipinski definition) is 7. The van der Waals surface area contributed by atoms with Crippen molar-refractivity contribution in [1.82, 2.24) is 24.4 Å².